The summed E-state index contributed by atoms with van der Waals surface area (Å²) in [5.74, 6) is 0.236. The van der Waals surface area contributed by atoms with E-state index in [0.29, 0.717) is 19.5 Å². The van der Waals surface area contributed by atoms with E-state index >= 15 is 0 Å². The Morgan fingerprint density at radius 3 is 2.53 bits per heavy atom. The molecule has 0 spiro atoms. The Balaban J connectivity index is 2.67. The largest absolute Gasteiger partial charge is 0.368 e. The van der Waals surface area contributed by atoms with Gasteiger partial charge in [-0.2, -0.15) is 0 Å². The summed E-state index contributed by atoms with van der Waals surface area (Å²) >= 11 is 3.44. The van der Waals surface area contributed by atoms with Gasteiger partial charge in [-0.1, -0.05) is 36.7 Å². The van der Waals surface area contributed by atoms with Crippen molar-refractivity contribution < 1.29 is 9.53 Å². The van der Waals surface area contributed by atoms with Gasteiger partial charge in [-0.05, 0) is 19.3 Å². The lowest BCUT2D eigenvalue weighted by Gasteiger charge is -2.43. The van der Waals surface area contributed by atoms with E-state index in [2.05, 4.69) is 36.7 Å². The molecule has 0 aromatic rings. The van der Waals surface area contributed by atoms with Gasteiger partial charge in [0.25, 0.3) is 0 Å². The standard InChI is InChI=1S/C13H24BrNO2/c1-12(2,3)6-11(16)15-8-10(7-14)17-13(4,5)9-15/h10H,6-9H2,1-5H3. The minimum absolute atomic E-state index is 0.0451. The van der Waals surface area contributed by atoms with Crippen LogP contribution in [0.5, 0.6) is 0 Å². The van der Waals surface area contributed by atoms with E-state index in [0.717, 1.165) is 5.33 Å². The fourth-order valence-electron chi connectivity index (χ4n) is 2.13. The van der Waals surface area contributed by atoms with Gasteiger partial charge in [0.15, 0.2) is 0 Å². The van der Waals surface area contributed by atoms with Gasteiger partial charge in [-0.25, -0.2) is 0 Å². The number of carbonyl (C=O) groups is 1. The van der Waals surface area contributed by atoms with Crippen molar-refractivity contribution in [3.63, 3.8) is 0 Å². The smallest absolute Gasteiger partial charge is 0.223 e. The fraction of sp³-hybridized carbons (Fsp3) is 0.923. The van der Waals surface area contributed by atoms with E-state index < -0.39 is 0 Å². The molecule has 3 nitrogen and oxygen atoms in total. The summed E-state index contributed by atoms with van der Waals surface area (Å²) < 4.78 is 5.89. The van der Waals surface area contributed by atoms with Gasteiger partial charge < -0.3 is 9.64 Å². The second-order valence-corrected chi connectivity index (χ2v) is 7.31. The van der Waals surface area contributed by atoms with E-state index in [-0.39, 0.29) is 23.0 Å². The maximum Gasteiger partial charge on any atom is 0.223 e. The number of hydrogen-bond acceptors (Lipinski definition) is 2. The molecule has 0 aromatic heterocycles. The van der Waals surface area contributed by atoms with Crippen LogP contribution in [0.4, 0.5) is 0 Å². The van der Waals surface area contributed by atoms with Gasteiger partial charge in [0, 0.05) is 24.8 Å². The predicted octanol–water partition coefficient (Wildman–Crippen LogP) is 2.82. The zero-order valence-corrected chi connectivity index (χ0v) is 13.1. The first kappa shape index (κ1) is 15.0. The van der Waals surface area contributed by atoms with E-state index in [1.807, 2.05) is 18.7 Å². The van der Waals surface area contributed by atoms with Gasteiger partial charge in [-0.3, -0.25) is 4.79 Å². The number of nitrogens with zero attached hydrogens (tertiary/aromatic N) is 1. The van der Waals surface area contributed by atoms with Gasteiger partial charge in [0.2, 0.25) is 5.91 Å². The van der Waals surface area contributed by atoms with Crippen LogP contribution in [0.15, 0.2) is 0 Å². The summed E-state index contributed by atoms with van der Waals surface area (Å²) in [6, 6.07) is 0. The fourth-order valence-corrected chi connectivity index (χ4v) is 2.47. The van der Waals surface area contributed by atoms with Crippen molar-refractivity contribution in [2.24, 2.45) is 5.41 Å². The second-order valence-electron chi connectivity index (χ2n) is 6.67. The second kappa shape index (κ2) is 5.27. The first-order chi connectivity index (χ1) is 7.63. The van der Waals surface area contributed by atoms with E-state index in [9.17, 15) is 4.79 Å². The minimum Gasteiger partial charge on any atom is -0.368 e. The molecule has 1 atom stereocenters. The molecule has 0 N–H and O–H groups in total. The number of halogens is 1. The molecule has 1 heterocycles. The summed E-state index contributed by atoms with van der Waals surface area (Å²) in [4.78, 5) is 14.2. The SMILES string of the molecule is CC(C)(C)CC(=O)N1CC(CBr)OC(C)(C)C1. The normalized spacial score (nSPS) is 24.8. The van der Waals surface area contributed by atoms with Crippen molar-refractivity contribution in [3.05, 3.63) is 0 Å². The number of hydrogen-bond donors (Lipinski definition) is 0. The molecule has 100 valence electrons. The predicted molar refractivity (Wildman–Crippen MR) is 73.4 cm³/mol. The number of ether oxygens (including phenoxy) is 1. The summed E-state index contributed by atoms with van der Waals surface area (Å²) in [7, 11) is 0. The minimum atomic E-state index is -0.246. The molecule has 1 aliphatic rings. The third-order valence-electron chi connectivity index (χ3n) is 2.69. The Morgan fingerprint density at radius 1 is 1.47 bits per heavy atom. The molecular formula is C13H24BrNO2. The molecule has 1 rings (SSSR count). The zero-order valence-electron chi connectivity index (χ0n) is 11.5. The number of rotatable bonds is 2. The van der Waals surface area contributed by atoms with Crippen LogP contribution in [0.1, 0.15) is 41.0 Å². The molecule has 1 amide bonds. The van der Waals surface area contributed by atoms with Crippen molar-refractivity contribution >= 4 is 21.8 Å². The first-order valence-corrected chi connectivity index (χ1v) is 7.27. The van der Waals surface area contributed by atoms with E-state index in [1.165, 1.54) is 0 Å². The molecule has 0 aromatic carbocycles. The van der Waals surface area contributed by atoms with Crippen LogP contribution in [0.3, 0.4) is 0 Å². The van der Waals surface area contributed by atoms with Crippen molar-refractivity contribution in [2.45, 2.75) is 52.7 Å². The van der Waals surface area contributed by atoms with Crippen LogP contribution in [0, 0.1) is 5.41 Å². The van der Waals surface area contributed by atoms with Crippen LogP contribution in [-0.2, 0) is 9.53 Å². The third kappa shape index (κ3) is 4.96. The summed E-state index contributed by atoms with van der Waals surface area (Å²) in [5.41, 5.74) is -0.201. The van der Waals surface area contributed by atoms with Crippen LogP contribution >= 0.6 is 15.9 Å². The lowest BCUT2D eigenvalue weighted by atomic mass is 9.91. The van der Waals surface area contributed by atoms with Crippen molar-refractivity contribution in [3.8, 4) is 0 Å². The average Bonchev–Trinajstić information content (AvgIpc) is 2.12. The quantitative estimate of drug-likeness (QED) is 0.734. The number of carbonyl (C=O) groups excluding carboxylic acids is 1. The van der Waals surface area contributed by atoms with Gasteiger partial charge >= 0.3 is 0 Å². The van der Waals surface area contributed by atoms with Crippen molar-refractivity contribution in [1.82, 2.24) is 4.90 Å². The Kier molecular flexibility index (Phi) is 4.64. The Labute approximate surface area is 113 Å². The lowest BCUT2D eigenvalue weighted by Crippen LogP contribution is -2.55. The molecular weight excluding hydrogens is 282 g/mol. The third-order valence-corrected chi connectivity index (χ3v) is 3.41. The topological polar surface area (TPSA) is 29.5 Å². The maximum absolute atomic E-state index is 12.2. The van der Waals surface area contributed by atoms with E-state index in [4.69, 9.17) is 4.74 Å². The summed E-state index contributed by atoms with van der Waals surface area (Å²) in [6.07, 6.45) is 0.695. The zero-order chi connectivity index (χ0) is 13.3. The van der Waals surface area contributed by atoms with Crippen LogP contribution in [0.25, 0.3) is 0 Å². The molecule has 0 radical (unpaired) electrons. The highest BCUT2D eigenvalue weighted by Crippen LogP contribution is 2.25. The van der Waals surface area contributed by atoms with Crippen LogP contribution in [-0.4, -0.2) is 40.9 Å². The van der Waals surface area contributed by atoms with Crippen LogP contribution < -0.4 is 0 Å². The van der Waals surface area contributed by atoms with Crippen molar-refractivity contribution in [1.29, 1.82) is 0 Å². The summed E-state index contributed by atoms with van der Waals surface area (Å²) in [5, 5.41) is 0.774. The monoisotopic (exact) mass is 305 g/mol. The molecule has 17 heavy (non-hydrogen) atoms. The highest BCUT2D eigenvalue weighted by molar-refractivity contribution is 9.09. The molecule has 0 bridgehead atoms. The molecule has 1 saturated heterocycles. The first-order valence-electron chi connectivity index (χ1n) is 6.14. The Morgan fingerprint density at radius 2 is 2.06 bits per heavy atom. The highest BCUT2D eigenvalue weighted by Gasteiger charge is 2.35. The average molecular weight is 306 g/mol. The van der Waals surface area contributed by atoms with Crippen LogP contribution in [0.2, 0.25) is 0 Å². The van der Waals surface area contributed by atoms with Crippen molar-refractivity contribution in [2.75, 3.05) is 18.4 Å². The van der Waals surface area contributed by atoms with Gasteiger partial charge in [-0.15, -0.1) is 0 Å². The highest BCUT2D eigenvalue weighted by atomic mass is 79.9. The Hall–Kier alpha value is -0.0900. The van der Waals surface area contributed by atoms with E-state index in [1.54, 1.807) is 0 Å². The molecule has 1 aliphatic heterocycles. The molecule has 0 aliphatic carbocycles. The Bertz CT molecular complexity index is 284. The number of amides is 1. The van der Waals surface area contributed by atoms with Gasteiger partial charge in [0.1, 0.15) is 0 Å². The number of morpholine rings is 1. The molecule has 4 heteroatoms. The summed E-state index contributed by atoms with van der Waals surface area (Å²) in [6.45, 7) is 11.8. The number of alkyl halides is 1. The van der Waals surface area contributed by atoms with Gasteiger partial charge in [0.05, 0.1) is 11.7 Å². The maximum atomic E-state index is 12.2. The lowest BCUT2D eigenvalue weighted by molar-refractivity contribution is -0.158. The molecule has 0 saturated carbocycles. The molecule has 1 fully saturated rings. The molecule has 1 unspecified atom stereocenters.